The number of carbonyl (C=O) groups excluding carboxylic acids is 1. The molecule has 1 amide bonds. The summed E-state index contributed by atoms with van der Waals surface area (Å²) in [6.45, 7) is 1.80. The first kappa shape index (κ1) is 17.4. The number of aromatic nitrogens is 4. The van der Waals surface area contributed by atoms with E-state index in [1.807, 2.05) is 0 Å². The Balaban J connectivity index is 1.88. The molecule has 0 aliphatic carbocycles. The zero-order valence-corrected chi connectivity index (χ0v) is 15.3. The van der Waals surface area contributed by atoms with Crippen molar-refractivity contribution in [2.75, 3.05) is 12.4 Å². The molecule has 0 unspecified atom stereocenters. The van der Waals surface area contributed by atoms with Gasteiger partial charge in [-0.05, 0) is 25.1 Å². The van der Waals surface area contributed by atoms with Gasteiger partial charge >= 0.3 is 0 Å². The van der Waals surface area contributed by atoms with Crippen LogP contribution >= 0.6 is 11.6 Å². The van der Waals surface area contributed by atoms with Crippen molar-refractivity contribution in [1.29, 1.82) is 0 Å². The number of carbonyl (C=O) groups is 1. The molecule has 0 saturated carbocycles. The van der Waals surface area contributed by atoms with Crippen LogP contribution in [-0.4, -0.2) is 33.0 Å². The average Bonchev–Trinajstić information content (AvgIpc) is 2.98. The number of rotatable bonds is 3. The van der Waals surface area contributed by atoms with E-state index in [-0.39, 0.29) is 17.4 Å². The smallest absolute Gasteiger partial charge is 0.233 e. The van der Waals surface area contributed by atoms with Gasteiger partial charge in [-0.25, -0.2) is 4.39 Å². The number of amides is 1. The lowest BCUT2D eigenvalue weighted by molar-refractivity contribution is -0.116. The molecule has 7 nitrogen and oxygen atoms in total. The molecule has 1 aliphatic rings. The van der Waals surface area contributed by atoms with Gasteiger partial charge in [0.2, 0.25) is 11.8 Å². The summed E-state index contributed by atoms with van der Waals surface area (Å²) in [6.07, 6.45) is 0.0779. The van der Waals surface area contributed by atoms with Gasteiger partial charge in [-0.3, -0.25) is 4.79 Å². The lowest BCUT2D eigenvalue weighted by atomic mass is 9.85. The summed E-state index contributed by atoms with van der Waals surface area (Å²) >= 11 is 6.25. The number of nitrogens with one attached hydrogen (secondary N) is 1. The minimum absolute atomic E-state index is 0.0779. The first-order valence-electron chi connectivity index (χ1n) is 8.21. The number of methoxy groups -OCH3 is 1. The van der Waals surface area contributed by atoms with E-state index in [0.29, 0.717) is 34.3 Å². The maximum absolute atomic E-state index is 14.5. The van der Waals surface area contributed by atoms with Gasteiger partial charge in [-0.2, -0.15) is 9.78 Å². The van der Waals surface area contributed by atoms with Crippen LogP contribution in [-0.2, 0) is 4.79 Å². The van der Waals surface area contributed by atoms with Crippen LogP contribution < -0.4 is 10.1 Å². The highest BCUT2D eigenvalue weighted by Crippen LogP contribution is 2.43. The quantitative estimate of drug-likeness (QED) is 0.746. The third-order valence-corrected chi connectivity index (χ3v) is 4.83. The van der Waals surface area contributed by atoms with Crippen LogP contribution in [0.1, 0.15) is 29.2 Å². The van der Waals surface area contributed by atoms with Crippen molar-refractivity contribution in [2.45, 2.75) is 19.3 Å². The number of benzene rings is 1. The minimum Gasteiger partial charge on any atom is -0.480 e. The topological polar surface area (TPSA) is 81.9 Å². The largest absolute Gasteiger partial charge is 0.480 e. The molecule has 0 spiro atoms. The second-order valence-corrected chi connectivity index (χ2v) is 6.54. The summed E-state index contributed by atoms with van der Waals surface area (Å²) in [6, 6.07) is 7.79. The van der Waals surface area contributed by atoms with Crippen LogP contribution in [0.15, 0.2) is 30.3 Å². The summed E-state index contributed by atoms with van der Waals surface area (Å²) in [4.78, 5) is 12.4. The van der Waals surface area contributed by atoms with Crippen LogP contribution in [0.3, 0.4) is 0 Å². The Morgan fingerprint density at radius 1 is 1.26 bits per heavy atom. The van der Waals surface area contributed by atoms with Crippen LogP contribution in [0.25, 0.3) is 5.82 Å². The number of halogens is 2. The number of hydrogen-bond donors (Lipinski definition) is 1. The third-order valence-electron chi connectivity index (χ3n) is 4.50. The van der Waals surface area contributed by atoms with Gasteiger partial charge in [-0.1, -0.05) is 17.7 Å². The van der Waals surface area contributed by atoms with Gasteiger partial charge in [0.25, 0.3) is 0 Å². The monoisotopic (exact) mass is 387 g/mol. The molecule has 0 saturated heterocycles. The van der Waals surface area contributed by atoms with E-state index in [9.17, 15) is 9.18 Å². The van der Waals surface area contributed by atoms with E-state index in [1.165, 1.54) is 23.9 Å². The summed E-state index contributed by atoms with van der Waals surface area (Å²) in [7, 11) is 1.49. The van der Waals surface area contributed by atoms with E-state index < -0.39 is 11.7 Å². The summed E-state index contributed by atoms with van der Waals surface area (Å²) in [5, 5.41) is 15.6. The molecular weight excluding hydrogens is 373 g/mol. The first-order chi connectivity index (χ1) is 13.0. The van der Waals surface area contributed by atoms with Crippen molar-refractivity contribution in [2.24, 2.45) is 0 Å². The third kappa shape index (κ3) is 2.91. The molecule has 2 aromatic heterocycles. The van der Waals surface area contributed by atoms with Gasteiger partial charge in [0.15, 0.2) is 5.82 Å². The average molecular weight is 388 g/mol. The minimum atomic E-state index is -0.539. The number of nitrogens with zero attached hydrogens (tertiary/aromatic N) is 4. The van der Waals surface area contributed by atoms with E-state index in [2.05, 4.69) is 20.6 Å². The number of ether oxygens (including phenoxy) is 1. The predicted molar refractivity (Wildman–Crippen MR) is 96.9 cm³/mol. The second kappa shape index (κ2) is 6.62. The predicted octanol–water partition coefficient (Wildman–Crippen LogP) is 3.25. The van der Waals surface area contributed by atoms with Crippen molar-refractivity contribution < 1.29 is 13.9 Å². The SMILES string of the molecule is COc1ccc(-n2nc(C)c3c2NC(=O)C[C@H]3c2c(F)cccc2Cl)nn1. The van der Waals surface area contributed by atoms with Crippen molar-refractivity contribution in [3.63, 3.8) is 0 Å². The number of anilines is 1. The fraction of sp³-hybridized carbons (Fsp3) is 0.222. The molecule has 1 atom stereocenters. The molecule has 3 aromatic rings. The van der Waals surface area contributed by atoms with Crippen LogP contribution in [0.2, 0.25) is 5.02 Å². The Hall–Kier alpha value is -3.00. The maximum atomic E-state index is 14.5. The fourth-order valence-corrected chi connectivity index (χ4v) is 3.63. The highest BCUT2D eigenvalue weighted by molar-refractivity contribution is 6.31. The summed E-state index contributed by atoms with van der Waals surface area (Å²) < 4.78 is 21.0. The molecule has 27 heavy (non-hydrogen) atoms. The summed E-state index contributed by atoms with van der Waals surface area (Å²) in [5.74, 6) is -0.0498. The van der Waals surface area contributed by atoms with Crippen molar-refractivity contribution in [3.8, 4) is 11.7 Å². The molecule has 1 aliphatic heterocycles. The Labute approximate surface area is 159 Å². The van der Waals surface area contributed by atoms with Crippen LogP contribution in [0.5, 0.6) is 5.88 Å². The lowest BCUT2D eigenvalue weighted by Crippen LogP contribution is -2.25. The normalized spacial score (nSPS) is 16.0. The standard InChI is InChI=1S/C18H15ClFN5O2/c1-9-16-10(17-11(19)4-3-5-12(17)20)8-14(26)21-18(16)25(24-9)13-6-7-15(27-2)23-22-13/h3-7,10H,8H2,1-2H3,(H,21,26)/t10-/m1/s1. The zero-order chi connectivity index (χ0) is 19.1. The molecule has 0 bridgehead atoms. The van der Waals surface area contributed by atoms with Crippen LogP contribution in [0.4, 0.5) is 10.2 Å². The Morgan fingerprint density at radius 3 is 2.74 bits per heavy atom. The number of hydrogen-bond acceptors (Lipinski definition) is 5. The lowest BCUT2D eigenvalue weighted by Gasteiger charge is -2.25. The molecule has 138 valence electrons. The van der Waals surface area contributed by atoms with Crippen molar-refractivity contribution >= 4 is 23.3 Å². The van der Waals surface area contributed by atoms with Crippen molar-refractivity contribution in [1.82, 2.24) is 20.0 Å². The second-order valence-electron chi connectivity index (χ2n) is 6.13. The van der Waals surface area contributed by atoms with Crippen LogP contribution in [0, 0.1) is 12.7 Å². The first-order valence-corrected chi connectivity index (χ1v) is 8.58. The molecule has 0 radical (unpaired) electrons. The number of fused-ring (bicyclic) bond motifs is 1. The van der Waals surface area contributed by atoms with Gasteiger partial charge in [0.05, 0.1) is 12.8 Å². The van der Waals surface area contributed by atoms with Gasteiger partial charge in [0, 0.05) is 34.6 Å². The van der Waals surface area contributed by atoms with Crippen molar-refractivity contribution in [3.05, 3.63) is 58.0 Å². The van der Waals surface area contributed by atoms with E-state index in [1.54, 1.807) is 25.1 Å². The highest BCUT2D eigenvalue weighted by atomic mass is 35.5. The molecule has 1 aromatic carbocycles. The zero-order valence-electron chi connectivity index (χ0n) is 14.5. The van der Waals surface area contributed by atoms with Gasteiger partial charge in [0.1, 0.15) is 11.6 Å². The highest BCUT2D eigenvalue weighted by Gasteiger charge is 2.35. The Kier molecular flexibility index (Phi) is 4.27. The van der Waals surface area contributed by atoms with E-state index in [4.69, 9.17) is 16.3 Å². The maximum Gasteiger partial charge on any atom is 0.233 e. The molecular formula is C18H15ClFN5O2. The summed E-state index contributed by atoms with van der Waals surface area (Å²) in [5.41, 5.74) is 1.64. The molecule has 3 heterocycles. The van der Waals surface area contributed by atoms with E-state index in [0.717, 1.165) is 0 Å². The molecule has 1 N–H and O–H groups in total. The Morgan fingerprint density at radius 2 is 2.07 bits per heavy atom. The van der Waals surface area contributed by atoms with Gasteiger partial charge < -0.3 is 10.1 Å². The van der Waals surface area contributed by atoms with Gasteiger partial charge in [-0.15, -0.1) is 10.2 Å². The Bertz CT molecular complexity index is 1010. The molecule has 9 heteroatoms. The number of aryl methyl sites for hydroxylation is 1. The van der Waals surface area contributed by atoms with E-state index >= 15 is 0 Å². The molecule has 0 fully saturated rings. The molecule has 4 rings (SSSR count). The fourth-order valence-electron chi connectivity index (χ4n) is 3.34.